The van der Waals surface area contributed by atoms with Crippen LogP contribution in [0.5, 0.6) is 5.75 Å². The number of hydrogen-bond acceptors (Lipinski definition) is 4. The number of thiazole rings is 1. The van der Waals surface area contributed by atoms with Gasteiger partial charge in [0.25, 0.3) is 5.56 Å². The Kier molecular flexibility index (Phi) is 4.67. The molecular formula is C21H16FN3O2S. The van der Waals surface area contributed by atoms with Crippen LogP contribution in [0.2, 0.25) is 0 Å². The smallest absolute Gasteiger partial charge is 0.281 e. The van der Waals surface area contributed by atoms with Gasteiger partial charge in [0.15, 0.2) is 0 Å². The van der Waals surface area contributed by atoms with E-state index in [1.54, 1.807) is 25.3 Å². The summed E-state index contributed by atoms with van der Waals surface area (Å²) in [6.45, 7) is 3.93. The summed E-state index contributed by atoms with van der Waals surface area (Å²) in [5, 5.41) is 6.25. The fourth-order valence-electron chi connectivity index (χ4n) is 2.77. The van der Waals surface area contributed by atoms with Crippen LogP contribution in [0.1, 0.15) is 5.56 Å². The van der Waals surface area contributed by atoms with Gasteiger partial charge in [0, 0.05) is 10.9 Å². The van der Waals surface area contributed by atoms with Crippen molar-refractivity contribution in [3.8, 4) is 22.1 Å². The highest BCUT2D eigenvalue weighted by Gasteiger charge is 2.10. The first-order chi connectivity index (χ1) is 13.5. The minimum atomic E-state index is -0.305. The normalized spacial score (nSPS) is 11.7. The molecule has 1 N–H and O–H groups in total. The Bertz CT molecular complexity index is 1290. The maximum Gasteiger partial charge on any atom is 0.281 e. The standard InChI is InChI=1S/C21H16FN3O2S/c1-13-18(11-14-3-9-17(27-2)10-4-14)20(26)25(24-13)21-23-19(12-28-21)15-5-7-16(22)8-6-15/h3-12,24H,1H2,2H3/b18-11-. The predicted molar refractivity (Wildman–Crippen MR) is 109 cm³/mol. The lowest BCUT2D eigenvalue weighted by atomic mass is 10.2. The quantitative estimate of drug-likeness (QED) is 0.580. The lowest BCUT2D eigenvalue weighted by Crippen LogP contribution is -2.33. The van der Waals surface area contributed by atoms with Crippen LogP contribution in [0.25, 0.3) is 29.0 Å². The molecule has 4 rings (SSSR count). The van der Waals surface area contributed by atoms with Gasteiger partial charge in [0.05, 0.1) is 23.4 Å². The number of methoxy groups -OCH3 is 1. The topological polar surface area (TPSA) is 59.9 Å². The molecule has 2 aromatic carbocycles. The summed E-state index contributed by atoms with van der Waals surface area (Å²) in [6.07, 6.45) is 1.77. The molecule has 0 amide bonds. The van der Waals surface area contributed by atoms with Gasteiger partial charge in [-0.15, -0.1) is 11.3 Å². The number of nitrogens with zero attached hydrogens (tertiary/aromatic N) is 2. The van der Waals surface area contributed by atoms with E-state index in [1.807, 2.05) is 29.6 Å². The monoisotopic (exact) mass is 393 g/mol. The molecule has 0 spiro atoms. The fraction of sp³-hybridized carbons (Fsp3) is 0.0476. The van der Waals surface area contributed by atoms with E-state index in [0.717, 1.165) is 16.9 Å². The molecule has 28 heavy (non-hydrogen) atoms. The van der Waals surface area contributed by atoms with Crippen LogP contribution < -0.4 is 20.9 Å². The number of hydrogen-bond donors (Lipinski definition) is 1. The van der Waals surface area contributed by atoms with Crippen molar-refractivity contribution < 1.29 is 9.13 Å². The van der Waals surface area contributed by atoms with E-state index >= 15 is 0 Å². The van der Waals surface area contributed by atoms with E-state index < -0.39 is 0 Å². The molecule has 7 heteroatoms. The zero-order chi connectivity index (χ0) is 19.7. The van der Waals surface area contributed by atoms with E-state index in [4.69, 9.17) is 4.74 Å². The van der Waals surface area contributed by atoms with E-state index in [-0.39, 0.29) is 11.4 Å². The highest BCUT2D eigenvalue weighted by molar-refractivity contribution is 7.12. The molecule has 0 saturated heterocycles. The average molecular weight is 393 g/mol. The van der Waals surface area contributed by atoms with Gasteiger partial charge in [-0.05, 0) is 48.0 Å². The number of aromatic nitrogens is 3. The summed E-state index contributed by atoms with van der Waals surface area (Å²) in [5.74, 6) is 0.440. The summed E-state index contributed by atoms with van der Waals surface area (Å²) in [6, 6.07) is 13.5. The lowest BCUT2D eigenvalue weighted by Gasteiger charge is -1.98. The van der Waals surface area contributed by atoms with Crippen molar-refractivity contribution in [2.24, 2.45) is 0 Å². The van der Waals surface area contributed by atoms with Crippen LogP contribution in [-0.4, -0.2) is 21.9 Å². The second kappa shape index (κ2) is 7.28. The first-order valence-electron chi connectivity index (χ1n) is 8.43. The van der Waals surface area contributed by atoms with Crippen LogP contribution in [0, 0.1) is 5.82 Å². The minimum absolute atomic E-state index is 0.235. The Morgan fingerprint density at radius 2 is 1.89 bits per heavy atom. The first kappa shape index (κ1) is 17.9. The molecule has 0 bridgehead atoms. The molecular weight excluding hydrogens is 377 g/mol. The van der Waals surface area contributed by atoms with Crippen LogP contribution in [0.4, 0.5) is 4.39 Å². The molecule has 0 atom stereocenters. The Morgan fingerprint density at radius 1 is 1.18 bits per heavy atom. The number of H-pyrrole nitrogens is 1. The highest BCUT2D eigenvalue weighted by atomic mass is 32.1. The van der Waals surface area contributed by atoms with Crippen molar-refractivity contribution in [1.82, 2.24) is 14.8 Å². The number of halogens is 1. The van der Waals surface area contributed by atoms with Crippen LogP contribution in [0.15, 0.2) is 58.7 Å². The largest absolute Gasteiger partial charge is 0.497 e. The van der Waals surface area contributed by atoms with Gasteiger partial charge in [-0.1, -0.05) is 18.7 Å². The fourth-order valence-corrected chi connectivity index (χ4v) is 3.56. The highest BCUT2D eigenvalue weighted by Crippen LogP contribution is 2.23. The molecule has 0 radical (unpaired) electrons. The Morgan fingerprint density at radius 3 is 2.57 bits per heavy atom. The van der Waals surface area contributed by atoms with E-state index in [9.17, 15) is 9.18 Å². The van der Waals surface area contributed by atoms with Crippen molar-refractivity contribution >= 4 is 24.0 Å². The summed E-state index contributed by atoms with van der Waals surface area (Å²) in [5.41, 5.74) is 2.08. The first-order valence-corrected chi connectivity index (χ1v) is 9.31. The van der Waals surface area contributed by atoms with E-state index in [1.165, 1.54) is 28.2 Å². The molecule has 2 heterocycles. The van der Waals surface area contributed by atoms with Crippen molar-refractivity contribution in [3.63, 3.8) is 0 Å². The molecule has 0 fully saturated rings. The van der Waals surface area contributed by atoms with Crippen molar-refractivity contribution in [2.45, 2.75) is 0 Å². The predicted octanol–water partition coefficient (Wildman–Crippen LogP) is 2.68. The second-order valence-corrected chi connectivity index (χ2v) is 6.92. The Balaban J connectivity index is 1.73. The minimum Gasteiger partial charge on any atom is -0.497 e. The van der Waals surface area contributed by atoms with Gasteiger partial charge < -0.3 is 4.74 Å². The number of ether oxygens (including phenoxy) is 1. The molecule has 0 aliphatic rings. The van der Waals surface area contributed by atoms with Crippen molar-refractivity contribution in [3.05, 3.63) is 86.2 Å². The number of nitrogens with one attached hydrogen (secondary N) is 1. The zero-order valence-corrected chi connectivity index (χ0v) is 15.8. The summed E-state index contributed by atoms with van der Waals surface area (Å²) < 4.78 is 19.6. The summed E-state index contributed by atoms with van der Waals surface area (Å²) >= 11 is 1.32. The van der Waals surface area contributed by atoms with Gasteiger partial charge in [0.1, 0.15) is 11.6 Å². The summed E-state index contributed by atoms with van der Waals surface area (Å²) in [4.78, 5) is 17.4. The molecule has 0 aliphatic heterocycles. The maximum atomic E-state index is 13.1. The van der Waals surface area contributed by atoms with E-state index in [0.29, 0.717) is 21.4 Å². The summed E-state index contributed by atoms with van der Waals surface area (Å²) in [7, 11) is 1.60. The molecule has 4 aromatic rings. The molecule has 0 aliphatic carbocycles. The van der Waals surface area contributed by atoms with Crippen molar-refractivity contribution in [2.75, 3.05) is 7.11 Å². The van der Waals surface area contributed by atoms with Gasteiger partial charge in [-0.3, -0.25) is 9.89 Å². The van der Waals surface area contributed by atoms with E-state index in [2.05, 4.69) is 16.7 Å². The third kappa shape index (κ3) is 3.39. The zero-order valence-electron chi connectivity index (χ0n) is 15.0. The molecule has 0 saturated carbocycles. The Hall–Kier alpha value is -3.45. The molecule has 0 unspecified atom stereocenters. The third-order valence-corrected chi connectivity index (χ3v) is 5.08. The second-order valence-electron chi connectivity index (χ2n) is 6.08. The number of aromatic amines is 1. The van der Waals surface area contributed by atoms with Gasteiger partial charge in [0.2, 0.25) is 5.13 Å². The van der Waals surface area contributed by atoms with Crippen molar-refractivity contribution in [1.29, 1.82) is 0 Å². The van der Waals surface area contributed by atoms with Gasteiger partial charge >= 0.3 is 0 Å². The van der Waals surface area contributed by atoms with Gasteiger partial charge in [-0.2, -0.15) is 4.68 Å². The molecule has 140 valence electrons. The average Bonchev–Trinajstić information content (AvgIpc) is 3.30. The third-order valence-electron chi connectivity index (χ3n) is 4.26. The van der Waals surface area contributed by atoms with Crippen LogP contribution in [0.3, 0.4) is 0 Å². The number of benzene rings is 2. The maximum absolute atomic E-state index is 13.1. The van der Waals surface area contributed by atoms with Gasteiger partial charge in [-0.25, -0.2) is 9.37 Å². The SMILES string of the molecule is C=c1[nH]n(-c2nc(-c3ccc(F)cc3)cs2)c(=O)/c1=C\c1ccc(OC)cc1. The number of rotatable bonds is 4. The van der Waals surface area contributed by atoms with Crippen LogP contribution >= 0.6 is 11.3 Å². The molecule has 5 nitrogen and oxygen atoms in total. The molecule has 2 aromatic heterocycles. The van der Waals surface area contributed by atoms with Crippen LogP contribution in [-0.2, 0) is 0 Å². The Labute approximate surface area is 163 Å². The lowest BCUT2D eigenvalue weighted by molar-refractivity contribution is 0.415.